The first-order chi connectivity index (χ1) is 11.1. The maximum absolute atomic E-state index is 12.8. The van der Waals surface area contributed by atoms with Gasteiger partial charge in [-0.25, -0.2) is 4.98 Å². The third-order valence-corrected chi connectivity index (χ3v) is 4.65. The van der Waals surface area contributed by atoms with Crippen molar-refractivity contribution in [3.63, 3.8) is 0 Å². The zero-order chi connectivity index (χ0) is 16.4. The average molecular weight is 333 g/mol. The van der Waals surface area contributed by atoms with Crippen molar-refractivity contribution in [2.45, 2.75) is 20.3 Å². The molecule has 0 spiro atoms. The molecule has 2 heterocycles. The number of benzene rings is 1. The molecule has 0 saturated carbocycles. The lowest BCUT2D eigenvalue weighted by Crippen LogP contribution is -2.29. The van der Waals surface area contributed by atoms with Crippen molar-refractivity contribution in [2.75, 3.05) is 26.3 Å². The summed E-state index contributed by atoms with van der Waals surface area (Å²) in [7, 11) is 0. The van der Waals surface area contributed by atoms with Crippen molar-refractivity contribution < 1.29 is 9.53 Å². The van der Waals surface area contributed by atoms with E-state index in [1.165, 1.54) is 0 Å². The summed E-state index contributed by atoms with van der Waals surface area (Å²) in [5.41, 5.74) is 2.40. The number of pyridine rings is 1. The molecule has 3 rings (SSSR count). The standard InChI is InChI=1S/C18H21ClN2O2/c1-3-23-11-13-7-8-21(10-13)18(22)15-9-14-6-4-5-12(2)16(14)20-17(15)19/h4-6,9,13H,3,7-8,10-11H2,1-2H3/t13-/m0/s1. The first-order valence-corrected chi connectivity index (χ1v) is 8.40. The fourth-order valence-electron chi connectivity index (χ4n) is 3.08. The molecule has 23 heavy (non-hydrogen) atoms. The van der Waals surface area contributed by atoms with Crippen LogP contribution in [0.2, 0.25) is 5.15 Å². The molecule has 1 aliphatic heterocycles. The van der Waals surface area contributed by atoms with Crippen LogP contribution in [0.4, 0.5) is 0 Å². The second kappa shape index (κ2) is 6.85. The molecular weight excluding hydrogens is 312 g/mol. The number of fused-ring (bicyclic) bond motifs is 1. The predicted molar refractivity (Wildman–Crippen MR) is 92.0 cm³/mol. The molecule has 0 bridgehead atoms. The van der Waals surface area contributed by atoms with Gasteiger partial charge in [-0.2, -0.15) is 0 Å². The molecule has 1 aromatic heterocycles. The molecular formula is C18H21ClN2O2. The van der Waals surface area contributed by atoms with Gasteiger partial charge in [0.15, 0.2) is 0 Å². The van der Waals surface area contributed by atoms with E-state index < -0.39 is 0 Å². The van der Waals surface area contributed by atoms with Gasteiger partial charge in [0.25, 0.3) is 5.91 Å². The minimum absolute atomic E-state index is 0.0371. The van der Waals surface area contributed by atoms with E-state index in [9.17, 15) is 4.79 Å². The smallest absolute Gasteiger partial charge is 0.257 e. The van der Waals surface area contributed by atoms with Gasteiger partial charge in [-0.05, 0) is 31.9 Å². The number of nitrogens with zero attached hydrogens (tertiary/aromatic N) is 2. The monoisotopic (exact) mass is 332 g/mol. The van der Waals surface area contributed by atoms with E-state index in [2.05, 4.69) is 4.98 Å². The van der Waals surface area contributed by atoms with Gasteiger partial charge < -0.3 is 9.64 Å². The molecule has 4 nitrogen and oxygen atoms in total. The molecule has 122 valence electrons. The van der Waals surface area contributed by atoms with Crippen LogP contribution in [0.25, 0.3) is 10.9 Å². The minimum Gasteiger partial charge on any atom is -0.381 e. The third kappa shape index (κ3) is 3.33. The van der Waals surface area contributed by atoms with E-state index in [4.69, 9.17) is 16.3 Å². The second-order valence-corrected chi connectivity index (χ2v) is 6.40. The van der Waals surface area contributed by atoms with Crippen LogP contribution in [0, 0.1) is 12.8 Å². The highest BCUT2D eigenvalue weighted by Crippen LogP contribution is 2.26. The number of halogens is 1. The number of amides is 1. The Labute approximate surface area is 141 Å². The number of rotatable bonds is 4. The molecule has 2 aromatic rings. The summed E-state index contributed by atoms with van der Waals surface area (Å²) < 4.78 is 5.47. The lowest BCUT2D eigenvalue weighted by atomic mass is 10.1. The van der Waals surface area contributed by atoms with Gasteiger partial charge in [0, 0.05) is 31.0 Å². The normalized spacial score (nSPS) is 17.9. The van der Waals surface area contributed by atoms with Crippen molar-refractivity contribution in [3.05, 3.63) is 40.5 Å². The number of hydrogen-bond acceptors (Lipinski definition) is 3. The SMILES string of the molecule is CCOC[C@H]1CCN(C(=O)c2cc3cccc(C)c3nc2Cl)C1. The molecule has 1 saturated heterocycles. The van der Waals surface area contributed by atoms with Gasteiger partial charge in [0.2, 0.25) is 0 Å². The topological polar surface area (TPSA) is 42.4 Å². The highest BCUT2D eigenvalue weighted by Gasteiger charge is 2.28. The van der Waals surface area contributed by atoms with Gasteiger partial charge in [0.05, 0.1) is 17.7 Å². The summed E-state index contributed by atoms with van der Waals surface area (Å²) in [6.07, 6.45) is 0.976. The van der Waals surface area contributed by atoms with E-state index in [0.717, 1.165) is 36.0 Å². The van der Waals surface area contributed by atoms with Gasteiger partial charge in [-0.1, -0.05) is 29.8 Å². The van der Waals surface area contributed by atoms with Gasteiger partial charge >= 0.3 is 0 Å². The van der Waals surface area contributed by atoms with Crippen molar-refractivity contribution in [3.8, 4) is 0 Å². The van der Waals surface area contributed by atoms with Crippen molar-refractivity contribution in [2.24, 2.45) is 5.92 Å². The number of ether oxygens (including phenoxy) is 1. The van der Waals surface area contributed by atoms with Crippen molar-refractivity contribution in [1.29, 1.82) is 0 Å². The van der Waals surface area contributed by atoms with Crippen LogP contribution in [-0.4, -0.2) is 42.1 Å². The Morgan fingerprint density at radius 2 is 2.30 bits per heavy atom. The van der Waals surface area contributed by atoms with Crippen LogP contribution in [0.3, 0.4) is 0 Å². The average Bonchev–Trinajstić information content (AvgIpc) is 3.01. The number of carbonyl (C=O) groups is 1. The molecule has 1 fully saturated rings. The maximum Gasteiger partial charge on any atom is 0.257 e. The summed E-state index contributed by atoms with van der Waals surface area (Å²) in [4.78, 5) is 19.1. The molecule has 0 radical (unpaired) electrons. The Kier molecular flexibility index (Phi) is 4.83. The number of para-hydroxylation sites is 1. The summed E-state index contributed by atoms with van der Waals surface area (Å²) in [6.45, 7) is 6.87. The Balaban J connectivity index is 1.83. The number of aryl methyl sites for hydroxylation is 1. The zero-order valence-electron chi connectivity index (χ0n) is 13.5. The molecule has 1 atom stereocenters. The predicted octanol–water partition coefficient (Wildman–Crippen LogP) is 3.70. The summed E-state index contributed by atoms with van der Waals surface area (Å²) in [5, 5.41) is 1.23. The Hall–Kier alpha value is -1.65. The second-order valence-electron chi connectivity index (χ2n) is 6.04. The van der Waals surface area contributed by atoms with E-state index in [1.807, 2.05) is 43.0 Å². The molecule has 0 aliphatic carbocycles. The summed E-state index contributed by atoms with van der Waals surface area (Å²) in [5.74, 6) is 0.373. The van der Waals surface area contributed by atoms with Crippen LogP contribution in [0.5, 0.6) is 0 Å². The van der Waals surface area contributed by atoms with Crippen LogP contribution >= 0.6 is 11.6 Å². The Morgan fingerprint density at radius 3 is 3.09 bits per heavy atom. The Morgan fingerprint density at radius 1 is 1.48 bits per heavy atom. The molecule has 1 amide bonds. The number of carbonyl (C=O) groups excluding carboxylic acids is 1. The Bertz CT molecular complexity index is 732. The lowest BCUT2D eigenvalue weighted by molar-refractivity contribution is 0.0763. The van der Waals surface area contributed by atoms with Crippen molar-refractivity contribution in [1.82, 2.24) is 9.88 Å². The highest BCUT2D eigenvalue weighted by atomic mass is 35.5. The van der Waals surface area contributed by atoms with Crippen molar-refractivity contribution >= 4 is 28.4 Å². The van der Waals surface area contributed by atoms with Crippen LogP contribution in [-0.2, 0) is 4.74 Å². The number of aromatic nitrogens is 1. The van der Waals surface area contributed by atoms with Crippen LogP contribution in [0.1, 0.15) is 29.3 Å². The fourth-order valence-corrected chi connectivity index (χ4v) is 3.30. The first-order valence-electron chi connectivity index (χ1n) is 8.03. The maximum atomic E-state index is 12.8. The van der Waals surface area contributed by atoms with E-state index in [1.54, 1.807) is 0 Å². The van der Waals surface area contributed by atoms with Crippen LogP contribution < -0.4 is 0 Å². The van der Waals surface area contributed by atoms with E-state index >= 15 is 0 Å². The third-order valence-electron chi connectivity index (χ3n) is 4.36. The highest BCUT2D eigenvalue weighted by molar-refractivity contribution is 6.33. The lowest BCUT2D eigenvalue weighted by Gasteiger charge is -2.17. The van der Waals surface area contributed by atoms with Crippen LogP contribution in [0.15, 0.2) is 24.3 Å². The largest absolute Gasteiger partial charge is 0.381 e. The van der Waals surface area contributed by atoms with E-state index in [-0.39, 0.29) is 11.1 Å². The quantitative estimate of drug-likeness (QED) is 0.802. The zero-order valence-corrected chi connectivity index (χ0v) is 14.3. The first kappa shape index (κ1) is 16.2. The van der Waals surface area contributed by atoms with E-state index in [0.29, 0.717) is 24.7 Å². The van der Waals surface area contributed by atoms with Gasteiger partial charge in [-0.3, -0.25) is 4.79 Å². The molecule has 1 aromatic carbocycles. The summed E-state index contributed by atoms with van der Waals surface area (Å²) in [6, 6.07) is 7.78. The molecule has 0 unspecified atom stereocenters. The molecule has 0 N–H and O–H groups in total. The summed E-state index contributed by atoms with van der Waals surface area (Å²) >= 11 is 6.29. The van der Waals surface area contributed by atoms with Gasteiger partial charge in [-0.15, -0.1) is 0 Å². The number of likely N-dealkylation sites (tertiary alicyclic amines) is 1. The molecule has 5 heteroatoms. The fraction of sp³-hybridized carbons (Fsp3) is 0.444. The minimum atomic E-state index is -0.0371. The van der Waals surface area contributed by atoms with Gasteiger partial charge in [0.1, 0.15) is 5.15 Å². The molecule has 1 aliphatic rings. The number of hydrogen-bond donors (Lipinski definition) is 0.